The third-order valence-electron chi connectivity index (χ3n) is 24.9. The summed E-state index contributed by atoms with van der Waals surface area (Å²) in [7, 11) is 0. The zero-order valence-electron chi connectivity index (χ0n) is 75.0. The summed E-state index contributed by atoms with van der Waals surface area (Å²) in [6.45, 7) is 60.2. The molecule has 0 N–H and O–H groups in total. The fourth-order valence-corrected chi connectivity index (χ4v) is 14.8. The average Bonchev–Trinajstić information content (AvgIpc) is 0.902. The van der Waals surface area contributed by atoms with Crippen molar-refractivity contribution in [2.45, 2.75) is 425 Å². The molecule has 2 saturated heterocycles. The maximum absolute atomic E-state index is 12.6. The number of allylic oxidation sites excluding steroid dienone is 4. The molecular weight excluding hydrogens is 1300 g/mol. The first-order valence-corrected chi connectivity index (χ1v) is 45.0. The number of halogens is 1. The number of aryl methyl sites for hydroxylation is 6. The van der Waals surface area contributed by atoms with E-state index in [0.717, 1.165) is 113 Å². The van der Waals surface area contributed by atoms with E-state index < -0.39 is 0 Å². The van der Waals surface area contributed by atoms with Crippen molar-refractivity contribution >= 4 is 0 Å². The van der Waals surface area contributed by atoms with Crippen molar-refractivity contribution in [2.75, 3.05) is 13.2 Å². The van der Waals surface area contributed by atoms with Crippen LogP contribution in [0.2, 0.25) is 0 Å². The predicted octanol–water partition coefficient (Wildman–Crippen LogP) is 35.4. The minimum atomic E-state index is -0.116. The highest BCUT2D eigenvalue weighted by Gasteiger charge is 2.19. The summed E-state index contributed by atoms with van der Waals surface area (Å²) in [5, 5.41) is 0. The lowest BCUT2D eigenvalue weighted by atomic mass is 9.84. The van der Waals surface area contributed by atoms with Crippen LogP contribution in [0.3, 0.4) is 0 Å². The Morgan fingerprint density at radius 1 is 0.252 bits per heavy atom. The Bertz CT molecular complexity index is 2080. The van der Waals surface area contributed by atoms with Crippen molar-refractivity contribution in [3.63, 3.8) is 0 Å². The maximum Gasteiger partial charge on any atom is 0.126 e. The summed E-state index contributed by atoms with van der Waals surface area (Å²) in [5.74, 6) is 15.6. The minimum Gasteiger partial charge on any atom is -0.378 e. The number of ether oxygens (including phenoxy) is 2. The topological polar surface area (TPSA) is 18.5 Å². The molecule has 3 aromatic carbocycles. The first-order chi connectivity index (χ1) is 49.7. The second-order valence-electron chi connectivity index (χ2n) is 38.3. The predicted molar refractivity (Wildman–Crippen MR) is 492 cm³/mol. The molecule has 0 bridgehead atoms. The van der Waals surface area contributed by atoms with Crippen LogP contribution in [0.25, 0.3) is 0 Å². The Morgan fingerprint density at radius 3 is 0.570 bits per heavy atom. The quantitative estimate of drug-likeness (QED) is 0.209. The molecule has 0 radical (unpaired) electrons. The zero-order chi connectivity index (χ0) is 78.7. The fraction of sp³-hybridized carbons (Fsp3) is 0.788. The van der Waals surface area contributed by atoms with Crippen LogP contribution in [0.5, 0.6) is 0 Å². The first kappa shape index (κ1) is 106. The number of hydrogen-bond donors (Lipinski definition) is 0. The van der Waals surface area contributed by atoms with Crippen LogP contribution in [0.1, 0.15) is 411 Å². The van der Waals surface area contributed by atoms with Crippen molar-refractivity contribution in [1.29, 1.82) is 0 Å². The average molecular weight is 1500 g/mol. The molecule has 0 aromatic heterocycles. The smallest absolute Gasteiger partial charge is 0.126 e. The molecule has 3 aromatic rings. The van der Waals surface area contributed by atoms with Crippen LogP contribution in [0, 0.1) is 142 Å². The van der Waals surface area contributed by atoms with E-state index in [4.69, 9.17) is 9.47 Å². The molecule has 8 fully saturated rings. The van der Waals surface area contributed by atoms with E-state index in [9.17, 15) is 4.39 Å². The molecule has 6 saturated carbocycles. The Balaban J connectivity index is -0.000000268. The van der Waals surface area contributed by atoms with Gasteiger partial charge in [0, 0.05) is 18.9 Å². The van der Waals surface area contributed by atoms with Crippen LogP contribution in [-0.4, -0.2) is 25.4 Å². The van der Waals surface area contributed by atoms with Crippen molar-refractivity contribution in [1.82, 2.24) is 0 Å². The van der Waals surface area contributed by atoms with E-state index in [1.54, 1.807) is 24.1 Å². The number of rotatable bonds is 0. The van der Waals surface area contributed by atoms with E-state index in [1.165, 1.54) is 247 Å². The first-order valence-electron chi connectivity index (χ1n) is 45.0. The summed E-state index contributed by atoms with van der Waals surface area (Å²) in [6.07, 6.45) is 54.4. The highest BCUT2D eigenvalue weighted by atomic mass is 19.1. The molecule has 2 nitrogen and oxygen atoms in total. The lowest BCUT2D eigenvalue weighted by molar-refractivity contribution is 0.000174. The van der Waals surface area contributed by atoms with Gasteiger partial charge in [-0.05, 0) is 245 Å². The van der Waals surface area contributed by atoms with Crippen molar-refractivity contribution in [3.8, 4) is 0 Å². The van der Waals surface area contributed by atoms with Crippen molar-refractivity contribution in [3.05, 3.63) is 129 Å². The van der Waals surface area contributed by atoms with Crippen LogP contribution < -0.4 is 0 Å². The van der Waals surface area contributed by atoms with Gasteiger partial charge in [0.15, 0.2) is 0 Å². The van der Waals surface area contributed by atoms with Crippen LogP contribution in [0.15, 0.2) is 90.0 Å². The second-order valence-corrected chi connectivity index (χ2v) is 38.3. The summed E-state index contributed by atoms with van der Waals surface area (Å²) >= 11 is 0. The highest BCUT2D eigenvalue weighted by molar-refractivity contribution is 5.22. The Kier molecular flexibility index (Phi) is 63.8. The molecule has 107 heavy (non-hydrogen) atoms. The molecule has 10 aliphatic rings. The van der Waals surface area contributed by atoms with Crippen LogP contribution >= 0.6 is 0 Å². The lowest BCUT2D eigenvalue weighted by Gasteiger charge is -2.23. The zero-order valence-corrected chi connectivity index (χ0v) is 75.0. The molecule has 0 amide bonds. The third-order valence-corrected chi connectivity index (χ3v) is 24.9. The Morgan fingerprint density at radius 2 is 0.439 bits per heavy atom. The molecule has 8 aliphatic carbocycles. The molecule has 2 aliphatic heterocycles. The molecule has 3 heteroatoms. The van der Waals surface area contributed by atoms with Gasteiger partial charge in [-0.15, -0.1) is 0 Å². The minimum absolute atomic E-state index is 0. The van der Waals surface area contributed by atoms with Gasteiger partial charge in [0.2, 0.25) is 0 Å². The van der Waals surface area contributed by atoms with Crippen LogP contribution in [-0.2, 0) is 9.47 Å². The second kappa shape index (κ2) is 64.4. The van der Waals surface area contributed by atoms with E-state index in [-0.39, 0.29) is 26.4 Å². The molecule has 6 atom stereocenters. The molecule has 0 spiro atoms. The van der Waals surface area contributed by atoms with E-state index in [1.807, 2.05) is 13.0 Å². The molecule has 632 valence electrons. The van der Waals surface area contributed by atoms with E-state index in [2.05, 4.69) is 227 Å². The Hall–Kier alpha value is -3.01. The maximum atomic E-state index is 12.6. The largest absolute Gasteiger partial charge is 0.378 e. The third kappa shape index (κ3) is 62.2. The molecule has 6 unspecified atom stereocenters. The van der Waals surface area contributed by atoms with Gasteiger partial charge in [-0.2, -0.15) is 0 Å². The summed E-state index contributed by atoms with van der Waals surface area (Å²) in [6, 6.07) is 22.2. The highest BCUT2D eigenvalue weighted by Crippen LogP contribution is 2.32. The van der Waals surface area contributed by atoms with Gasteiger partial charge in [-0.25, -0.2) is 4.39 Å². The Labute approximate surface area is 678 Å². The van der Waals surface area contributed by atoms with Gasteiger partial charge in [0.05, 0.1) is 12.2 Å². The van der Waals surface area contributed by atoms with Gasteiger partial charge >= 0.3 is 0 Å². The van der Waals surface area contributed by atoms with E-state index in [0.29, 0.717) is 17.8 Å². The summed E-state index contributed by atoms with van der Waals surface area (Å²) in [4.78, 5) is 0. The van der Waals surface area contributed by atoms with Gasteiger partial charge in [0.25, 0.3) is 0 Å². The van der Waals surface area contributed by atoms with Crippen molar-refractivity contribution in [2.24, 2.45) is 94.7 Å². The van der Waals surface area contributed by atoms with Gasteiger partial charge in [-0.3, -0.25) is 0 Å². The standard InChI is InChI=1S/C8H9F.6C8H16.2C8H14.2C8H10.2C7H14O.2CH4.4H2/c1-6-3-4-7(2)8(9)5-6;10*1-7-3-5-8(2)6-4-7;2*1-6-3-4-7(2)8-5-6;;;;;;/h3-5H,1-2H3;6*7-8H,3-6H2,1-2H3;2*3,8H,4-6H2,1-2H3;2*3-6H,1-2H3;2*6-7H,3-5H2,1-2H3;2*1H4;4*1H/i;;;;;;;;;;;;;;;1+1;;;. The van der Waals surface area contributed by atoms with Gasteiger partial charge < -0.3 is 9.47 Å². The SMILES string of the molecule is C.C.CC1=CCC(C)CC1.CC1=CCC(C)CC1.CC1CCC(C)CC1.CC1CCC(C)CC1.CC1CCC(C)CC1.CC1CCC(C)CC1.CC1CCC(C)CC1.CC1CCC(C)CC1.CC1CCC(C)OC1.CC1CCC(C)OC1.Cc1ccc(C)c(F)c1.Cc1ccc(C)cc1.Cc1ccc(C)cc1.[2HH].[HH].[HH].[HH]. The van der Waals surface area contributed by atoms with Crippen molar-refractivity contribution < 1.29 is 19.6 Å². The molecular formula is C104H197FO2. The lowest BCUT2D eigenvalue weighted by Crippen LogP contribution is -2.21. The van der Waals surface area contributed by atoms with Crippen LogP contribution in [0.4, 0.5) is 4.39 Å². The monoisotopic (exact) mass is 1500 g/mol. The van der Waals surface area contributed by atoms with Gasteiger partial charge in [0.1, 0.15) is 5.82 Å². The normalized spacial score (nSPS) is 30.4. The summed E-state index contributed by atoms with van der Waals surface area (Å²) in [5.41, 5.74) is 10.2. The summed E-state index contributed by atoms with van der Waals surface area (Å²) < 4.78 is 23.4. The van der Waals surface area contributed by atoms with E-state index >= 15 is 0 Å². The molecule has 13 rings (SSSR count). The van der Waals surface area contributed by atoms with Gasteiger partial charge in [-0.1, -0.05) is 386 Å². The molecule has 2 heterocycles. The number of benzene rings is 3. The number of hydrogen-bond acceptors (Lipinski definition) is 2. The fourth-order valence-electron chi connectivity index (χ4n) is 14.8.